The van der Waals surface area contributed by atoms with Crippen molar-refractivity contribution in [1.29, 1.82) is 0 Å². The first-order valence-corrected chi connectivity index (χ1v) is 9.81. The first-order chi connectivity index (χ1) is 13.3. The molecule has 2 N–H and O–H groups in total. The van der Waals surface area contributed by atoms with Crippen LogP contribution in [0.3, 0.4) is 0 Å². The minimum absolute atomic E-state index is 0.195. The molecule has 0 saturated carbocycles. The van der Waals surface area contributed by atoms with Crippen LogP contribution in [0.5, 0.6) is 5.75 Å². The van der Waals surface area contributed by atoms with Gasteiger partial charge in [0, 0.05) is 25.1 Å². The minimum atomic E-state index is 0.195. The summed E-state index contributed by atoms with van der Waals surface area (Å²) in [5.74, 6) is 1.60. The summed E-state index contributed by atoms with van der Waals surface area (Å²) in [7, 11) is 0. The molecule has 0 aliphatic carbocycles. The average Bonchev–Trinajstić information content (AvgIpc) is 3.19. The van der Waals surface area contributed by atoms with Gasteiger partial charge in [0.15, 0.2) is 5.96 Å². The lowest BCUT2D eigenvalue weighted by molar-refractivity contribution is 0.0256. The number of benzene rings is 2. The quantitative estimate of drug-likeness (QED) is 0.820. The van der Waals surface area contributed by atoms with E-state index in [1.54, 1.807) is 0 Å². The Morgan fingerprint density at radius 3 is 2.59 bits per heavy atom. The summed E-state index contributed by atoms with van der Waals surface area (Å²) in [5, 5.41) is 7.15. The Bertz CT molecular complexity index is 802. The Labute approximate surface area is 164 Å². The fourth-order valence-corrected chi connectivity index (χ4v) is 3.53. The highest BCUT2D eigenvalue weighted by Crippen LogP contribution is 2.29. The third-order valence-electron chi connectivity index (χ3n) is 4.76. The number of hydrogen-bond donors (Lipinski definition) is 2. The highest BCUT2D eigenvalue weighted by atomic mass is 35.5. The molecule has 0 bridgehead atoms. The van der Waals surface area contributed by atoms with Crippen molar-refractivity contribution in [2.24, 2.45) is 4.99 Å². The Hall–Kier alpha value is -2.24. The van der Waals surface area contributed by atoms with E-state index >= 15 is 0 Å². The molecule has 0 aromatic heterocycles. The Morgan fingerprint density at radius 2 is 1.89 bits per heavy atom. The molecular weight excluding hydrogens is 362 g/mol. The third-order valence-corrected chi connectivity index (χ3v) is 5.05. The summed E-state index contributed by atoms with van der Waals surface area (Å²) in [6, 6.07) is 14.5. The summed E-state index contributed by atoms with van der Waals surface area (Å²) >= 11 is 6.45. The van der Waals surface area contributed by atoms with Gasteiger partial charge in [0.2, 0.25) is 0 Å². The molecule has 2 aromatic carbocycles. The van der Waals surface area contributed by atoms with Gasteiger partial charge in [0.25, 0.3) is 0 Å². The van der Waals surface area contributed by atoms with Crippen LogP contribution in [0, 0.1) is 0 Å². The first kappa shape index (κ1) is 18.1. The van der Waals surface area contributed by atoms with E-state index in [0.29, 0.717) is 5.02 Å². The zero-order valence-corrected chi connectivity index (χ0v) is 16.0. The van der Waals surface area contributed by atoms with Crippen molar-refractivity contribution in [2.75, 3.05) is 31.6 Å². The van der Waals surface area contributed by atoms with Crippen LogP contribution in [0.2, 0.25) is 5.02 Å². The molecule has 0 amide bonds. The molecule has 27 heavy (non-hydrogen) atoms. The number of ether oxygens (including phenoxy) is 2. The van der Waals surface area contributed by atoms with E-state index in [-0.39, 0.29) is 6.10 Å². The molecule has 2 aromatic rings. The van der Waals surface area contributed by atoms with E-state index in [1.165, 1.54) is 11.1 Å². The lowest BCUT2D eigenvalue weighted by Gasteiger charge is -2.24. The predicted molar refractivity (Wildman–Crippen MR) is 109 cm³/mol. The van der Waals surface area contributed by atoms with Gasteiger partial charge in [-0.25, -0.2) is 0 Å². The van der Waals surface area contributed by atoms with Crippen molar-refractivity contribution in [1.82, 2.24) is 5.32 Å². The molecule has 4 rings (SSSR count). The van der Waals surface area contributed by atoms with Gasteiger partial charge >= 0.3 is 0 Å². The maximum absolute atomic E-state index is 6.45. The molecule has 2 aliphatic rings. The van der Waals surface area contributed by atoms with Crippen molar-refractivity contribution >= 4 is 23.2 Å². The second kappa shape index (κ2) is 8.63. The van der Waals surface area contributed by atoms with Gasteiger partial charge in [0.1, 0.15) is 11.9 Å². The molecule has 6 heteroatoms. The largest absolute Gasteiger partial charge is 0.489 e. The predicted octanol–water partition coefficient (Wildman–Crippen LogP) is 3.86. The van der Waals surface area contributed by atoms with Gasteiger partial charge in [-0.3, -0.25) is 4.99 Å². The summed E-state index contributed by atoms with van der Waals surface area (Å²) in [6.45, 7) is 3.24. The number of guanidine groups is 1. The van der Waals surface area contributed by atoms with Crippen molar-refractivity contribution in [3.63, 3.8) is 0 Å². The number of aliphatic imine (C=N–C) groups is 1. The van der Waals surface area contributed by atoms with Crippen LogP contribution in [-0.4, -0.2) is 38.4 Å². The summed E-state index contributed by atoms with van der Waals surface area (Å²) in [4.78, 5) is 4.34. The van der Waals surface area contributed by atoms with Crippen molar-refractivity contribution in [3.8, 4) is 5.75 Å². The van der Waals surface area contributed by atoms with Crippen LogP contribution in [0.4, 0.5) is 5.69 Å². The smallest absolute Gasteiger partial charge is 0.195 e. The summed E-state index contributed by atoms with van der Waals surface area (Å²) in [5.41, 5.74) is 3.43. The number of halogens is 1. The Morgan fingerprint density at radius 1 is 1.11 bits per heavy atom. The number of nitrogens with one attached hydrogen (secondary N) is 2. The molecule has 2 aliphatic heterocycles. The summed E-state index contributed by atoms with van der Waals surface area (Å²) < 4.78 is 11.4. The van der Waals surface area contributed by atoms with E-state index in [1.807, 2.05) is 12.1 Å². The van der Waals surface area contributed by atoms with Crippen molar-refractivity contribution in [2.45, 2.75) is 25.4 Å². The van der Waals surface area contributed by atoms with Gasteiger partial charge in [-0.2, -0.15) is 0 Å². The Balaban J connectivity index is 1.36. The second-order valence-corrected chi connectivity index (χ2v) is 7.26. The molecule has 142 valence electrons. The van der Waals surface area contributed by atoms with Crippen LogP contribution in [-0.2, 0) is 11.2 Å². The molecular formula is C21H24ClN3O2. The van der Waals surface area contributed by atoms with Gasteiger partial charge in [-0.15, -0.1) is 0 Å². The van der Waals surface area contributed by atoms with E-state index in [0.717, 1.165) is 63.0 Å². The van der Waals surface area contributed by atoms with Gasteiger partial charge < -0.3 is 20.1 Å². The van der Waals surface area contributed by atoms with E-state index in [4.69, 9.17) is 21.1 Å². The standard InChI is InChI=1S/C21H24ClN3O2/c22-19-14-16(3-6-20(19)27-18-7-11-26-12-8-18)13-15-1-4-17(5-2-15)25-21-23-9-10-24-21/h1-6,14,18H,7-13H2,(H2,23,24,25). The van der Waals surface area contributed by atoms with Crippen LogP contribution in [0.1, 0.15) is 24.0 Å². The number of nitrogens with zero attached hydrogens (tertiary/aromatic N) is 1. The van der Waals surface area contributed by atoms with Gasteiger partial charge in [0.05, 0.1) is 24.8 Å². The maximum Gasteiger partial charge on any atom is 0.195 e. The highest BCUT2D eigenvalue weighted by Gasteiger charge is 2.16. The van der Waals surface area contributed by atoms with Gasteiger partial charge in [-0.1, -0.05) is 29.8 Å². The van der Waals surface area contributed by atoms with Crippen LogP contribution in [0.25, 0.3) is 0 Å². The maximum atomic E-state index is 6.45. The topological polar surface area (TPSA) is 54.9 Å². The fraction of sp³-hybridized carbons (Fsp3) is 0.381. The molecule has 1 saturated heterocycles. The number of hydrogen-bond acceptors (Lipinski definition) is 5. The second-order valence-electron chi connectivity index (χ2n) is 6.85. The lowest BCUT2D eigenvalue weighted by Crippen LogP contribution is -2.26. The van der Waals surface area contributed by atoms with Crippen molar-refractivity contribution in [3.05, 3.63) is 58.6 Å². The first-order valence-electron chi connectivity index (χ1n) is 9.43. The monoisotopic (exact) mass is 385 g/mol. The van der Waals surface area contributed by atoms with E-state index in [9.17, 15) is 0 Å². The van der Waals surface area contributed by atoms with Crippen LogP contribution >= 0.6 is 11.6 Å². The molecule has 2 heterocycles. The zero-order valence-electron chi connectivity index (χ0n) is 15.2. The number of rotatable bonds is 5. The molecule has 1 fully saturated rings. The minimum Gasteiger partial charge on any atom is -0.489 e. The normalized spacial score (nSPS) is 17.3. The molecule has 0 atom stereocenters. The highest BCUT2D eigenvalue weighted by molar-refractivity contribution is 6.32. The SMILES string of the molecule is Clc1cc(Cc2ccc(NC3=NCCN3)cc2)ccc1OC1CCOCC1. The third kappa shape index (κ3) is 4.93. The molecule has 0 radical (unpaired) electrons. The van der Waals surface area contributed by atoms with Crippen molar-refractivity contribution < 1.29 is 9.47 Å². The molecule has 0 unspecified atom stereocenters. The zero-order chi connectivity index (χ0) is 18.5. The van der Waals surface area contributed by atoms with Gasteiger partial charge in [-0.05, 0) is 41.8 Å². The number of anilines is 1. The fourth-order valence-electron chi connectivity index (χ4n) is 3.28. The average molecular weight is 386 g/mol. The molecule has 5 nitrogen and oxygen atoms in total. The molecule has 0 spiro atoms. The van der Waals surface area contributed by atoms with E-state index in [2.05, 4.69) is 46.0 Å². The lowest BCUT2D eigenvalue weighted by atomic mass is 10.0. The Kier molecular flexibility index (Phi) is 5.80. The van der Waals surface area contributed by atoms with Crippen LogP contribution in [0.15, 0.2) is 47.5 Å². The van der Waals surface area contributed by atoms with E-state index < -0.39 is 0 Å². The van der Waals surface area contributed by atoms with Crippen LogP contribution < -0.4 is 15.4 Å². The summed E-state index contributed by atoms with van der Waals surface area (Å²) in [6.07, 6.45) is 2.86.